The summed E-state index contributed by atoms with van der Waals surface area (Å²) in [5.74, 6) is -0.778. The fourth-order valence-electron chi connectivity index (χ4n) is 3.31. The van der Waals surface area contributed by atoms with Crippen molar-refractivity contribution in [3.63, 3.8) is 0 Å². The van der Waals surface area contributed by atoms with Crippen LogP contribution in [0.15, 0.2) is 10.9 Å². The van der Waals surface area contributed by atoms with Gasteiger partial charge in [0.1, 0.15) is 6.04 Å². The Balaban J connectivity index is 2.17. The predicted octanol–water partition coefficient (Wildman–Crippen LogP) is 3.42. The average Bonchev–Trinajstić information content (AvgIpc) is 2.45. The van der Waals surface area contributed by atoms with Crippen LogP contribution in [0.25, 0.3) is 0 Å². The zero-order chi connectivity index (χ0) is 17.9. The number of aromatic amines is 1. The third-order valence-electron chi connectivity index (χ3n) is 4.47. The highest BCUT2D eigenvalue weighted by Crippen LogP contribution is 2.27. The number of rotatable bonds is 5. The van der Waals surface area contributed by atoms with Crippen molar-refractivity contribution < 1.29 is 18.0 Å². The first-order valence-electron chi connectivity index (χ1n) is 8.25. The number of alkyl halides is 3. The first-order valence-corrected chi connectivity index (χ1v) is 8.25. The molecule has 1 heterocycles. The van der Waals surface area contributed by atoms with E-state index in [9.17, 15) is 22.8 Å². The number of Topliss-reactive ketones (excluding diaryl/α,β-unsaturated/α-hetero) is 1. The molecule has 1 fully saturated rings. The largest absolute Gasteiger partial charge is 0.404 e. The molecule has 1 aromatic heterocycles. The number of H-pyrrole nitrogens is 1. The van der Waals surface area contributed by atoms with Crippen LogP contribution in [0.1, 0.15) is 60.1 Å². The summed E-state index contributed by atoms with van der Waals surface area (Å²) >= 11 is 0. The summed E-state index contributed by atoms with van der Waals surface area (Å²) < 4.78 is 39.9. The van der Waals surface area contributed by atoms with Gasteiger partial charge in [0.2, 0.25) is 0 Å². The number of hydrogen-bond acceptors (Lipinski definition) is 3. The lowest BCUT2D eigenvalue weighted by molar-refractivity contribution is -0.157. The van der Waals surface area contributed by atoms with Crippen molar-refractivity contribution in [3.05, 3.63) is 33.2 Å². The van der Waals surface area contributed by atoms with Gasteiger partial charge < -0.3 is 10.3 Å². The quantitative estimate of drug-likeness (QED) is 0.805. The Morgan fingerprint density at radius 1 is 1.29 bits per heavy atom. The van der Waals surface area contributed by atoms with Crippen molar-refractivity contribution in [3.8, 4) is 0 Å². The molecule has 2 N–H and O–H groups in total. The number of pyridine rings is 1. The van der Waals surface area contributed by atoms with E-state index in [1.54, 1.807) is 19.9 Å². The second kappa shape index (κ2) is 7.51. The number of halogens is 3. The summed E-state index contributed by atoms with van der Waals surface area (Å²) in [4.78, 5) is 26.8. The number of carbonyl (C=O) groups excluding carboxylic acids is 1. The molecule has 0 radical (unpaired) electrons. The van der Waals surface area contributed by atoms with Gasteiger partial charge in [-0.05, 0) is 38.3 Å². The van der Waals surface area contributed by atoms with E-state index in [0.29, 0.717) is 24.1 Å². The Kier molecular flexibility index (Phi) is 5.85. The lowest BCUT2D eigenvalue weighted by Gasteiger charge is -2.29. The molecular weight excluding hydrogens is 321 g/mol. The fraction of sp³-hybridized carbons (Fsp3) is 0.647. The number of carbonyl (C=O) groups is 1. The van der Waals surface area contributed by atoms with E-state index in [4.69, 9.17) is 0 Å². The molecule has 4 nitrogen and oxygen atoms in total. The van der Waals surface area contributed by atoms with Gasteiger partial charge in [-0.15, -0.1) is 0 Å². The number of ketones is 1. The van der Waals surface area contributed by atoms with E-state index in [2.05, 4.69) is 10.3 Å². The van der Waals surface area contributed by atoms with Gasteiger partial charge in [-0.25, -0.2) is 0 Å². The molecule has 0 aliphatic heterocycles. The maximum absolute atomic E-state index is 13.3. The molecule has 24 heavy (non-hydrogen) atoms. The van der Waals surface area contributed by atoms with E-state index in [1.165, 1.54) is 0 Å². The maximum Gasteiger partial charge on any atom is 0.404 e. The first kappa shape index (κ1) is 18.7. The summed E-state index contributed by atoms with van der Waals surface area (Å²) in [5, 5.41) is 2.59. The standard InChI is InChI=1S/C17H23F3N2O2/c1-10-8-11(2)21-16(24)15(10)13(23)9-14(17(18,19)20)22-12-6-4-3-5-7-12/h8,12,14,22H,3-7,9H2,1-2H3,(H,21,24). The lowest BCUT2D eigenvalue weighted by atomic mass is 9.93. The van der Waals surface area contributed by atoms with Crippen molar-refractivity contribution >= 4 is 5.78 Å². The molecule has 0 amide bonds. The molecular formula is C17H23F3N2O2. The highest BCUT2D eigenvalue weighted by Gasteiger charge is 2.42. The van der Waals surface area contributed by atoms with Crippen molar-refractivity contribution in [2.24, 2.45) is 0 Å². The molecule has 134 valence electrons. The number of aryl methyl sites for hydroxylation is 2. The summed E-state index contributed by atoms with van der Waals surface area (Å²) in [7, 11) is 0. The topological polar surface area (TPSA) is 62.0 Å². The first-order chi connectivity index (χ1) is 11.2. The molecule has 2 rings (SSSR count). The minimum Gasteiger partial charge on any atom is -0.326 e. The SMILES string of the molecule is Cc1cc(C)c(C(=O)CC(NC2CCCCC2)C(F)(F)F)c(=O)[nH]1. The van der Waals surface area contributed by atoms with Gasteiger partial charge in [-0.2, -0.15) is 13.2 Å². The average molecular weight is 344 g/mol. The van der Waals surface area contributed by atoms with E-state index in [-0.39, 0.29) is 11.6 Å². The minimum absolute atomic E-state index is 0.180. The second-order valence-electron chi connectivity index (χ2n) is 6.56. The van der Waals surface area contributed by atoms with E-state index in [0.717, 1.165) is 19.3 Å². The van der Waals surface area contributed by atoms with E-state index < -0.39 is 30.0 Å². The molecule has 0 saturated heterocycles. The Morgan fingerprint density at radius 3 is 2.46 bits per heavy atom. The third-order valence-corrected chi connectivity index (χ3v) is 4.47. The van der Waals surface area contributed by atoms with Gasteiger partial charge >= 0.3 is 6.18 Å². The molecule has 0 aromatic carbocycles. The number of hydrogen-bond donors (Lipinski definition) is 2. The van der Waals surface area contributed by atoms with Crippen LogP contribution in [0, 0.1) is 13.8 Å². The van der Waals surface area contributed by atoms with E-state index >= 15 is 0 Å². The van der Waals surface area contributed by atoms with Gasteiger partial charge in [-0.3, -0.25) is 9.59 Å². The van der Waals surface area contributed by atoms with Gasteiger partial charge in [-0.1, -0.05) is 19.3 Å². The van der Waals surface area contributed by atoms with Crippen molar-refractivity contribution in [1.29, 1.82) is 0 Å². The van der Waals surface area contributed by atoms with Crippen LogP contribution >= 0.6 is 0 Å². The van der Waals surface area contributed by atoms with E-state index in [1.807, 2.05) is 0 Å². The molecule has 1 saturated carbocycles. The Hall–Kier alpha value is -1.63. The smallest absolute Gasteiger partial charge is 0.326 e. The zero-order valence-electron chi connectivity index (χ0n) is 13.9. The molecule has 0 spiro atoms. The van der Waals surface area contributed by atoms with Gasteiger partial charge in [0.15, 0.2) is 5.78 Å². The van der Waals surface area contributed by atoms with Crippen LogP contribution in [-0.4, -0.2) is 29.0 Å². The fourth-order valence-corrected chi connectivity index (χ4v) is 3.31. The van der Waals surface area contributed by atoms with Gasteiger partial charge in [0, 0.05) is 18.2 Å². The summed E-state index contributed by atoms with van der Waals surface area (Å²) in [6, 6.07) is -0.560. The minimum atomic E-state index is -4.53. The van der Waals surface area contributed by atoms with Crippen LogP contribution in [-0.2, 0) is 0 Å². The van der Waals surface area contributed by atoms with Crippen molar-refractivity contribution in [2.45, 2.75) is 70.6 Å². The molecule has 7 heteroatoms. The summed E-state index contributed by atoms with van der Waals surface area (Å²) in [6.45, 7) is 3.22. The van der Waals surface area contributed by atoms with Crippen molar-refractivity contribution in [2.75, 3.05) is 0 Å². The summed E-state index contributed by atoms with van der Waals surface area (Å²) in [5.41, 5.74) is 0.165. The molecule has 0 bridgehead atoms. The lowest BCUT2D eigenvalue weighted by Crippen LogP contribution is -2.49. The van der Waals surface area contributed by atoms with Crippen molar-refractivity contribution in [1.82, 2.24) is 10.3 Å². The number of nitrogens with one attached hydrogen (secondary N) is 2. The summed E-state index contributed by atoms with van der Waals surface area (Å²) in [6.07, 6.45) is -1.09. The monoisotopic (exact) mass is 344 g/mol. The van der Waals surface area contributed by atoms with Crippen LogP contribution in [0.5, 0.6) is 0 Å². The zero-order valence-corrected chi connectivity index (χ0v) is 13.9. The maximum atomic E-state index is 13.3. The van der Waals surface area contributed by atoms with Crippen LogP contribution in [0.4, 0.5) is 13.2 Å². The second-order valence-corrected chi connectivity index (χ2v) is 6.56. The Labute approximate surface area is 138 Å². The Bertz CT molecular complexity index is 646. The molecule has 1 atom stereocenters. The van der Waals surface area contributed by atoms with Crippen LogP contribution in [0.2, 0.25) is 0 Å². The molecule has 1 aromatic rings. The predicted molar refractivity (Wildman–Crippen MR) is 85.3 cm³/mol. The van der Waals surface area contributed by atoms with Gasteiger partial charge in [0.05, 0.1) is 5.56 Å². The number of aromatic nitrogens is 1. The Morgan fingerprint density at radius 2 is 1.92 bits per heavy atom. The van der Waals surface area contributed by atoms with Gasteiger partial charge in [0.25, 0.3) is 5.56 Å². The normalized spacial score (nSPS) is 17.7. The molecule has 1 aliphatic rings. The van der Waals surface area contributed by atoms with Crippen LogP contribution in [0.3, 0.4) is 0 Å². The third kappa shape index (κ3) is 4.69. The van der Waals surface area contributed by atoms with Crippen LogP contribution < -0.4 is 10.9 Å². The highest BCUT2D eigenvalue weighted by atomic mass is 19.4. The molecule has 1 unspecified atom stereocenters. The molecule has 1 aliphatic carbocycles. The highest BCUT2D eigenvalue weighted by molar-refractivity contribution is 5.97.